The van der Waals surface area contributed by atoms with Gasteiger partial charge < -0.3 is 15.4 Å². The van der Waals surface area contributed by atoms with Crippen LogP contribution in [0.25, 0.3) is 0 Å². The van der Waals surface area contributed by atoms with Crippen molar-refractivity contribution >= 4 is 11.7 Å². The maximum Gasteiger partial charge on any atom is 0.390 e. The van der Waals surface area contributed by atoms with Crippen LogP contribution in [0, 0.1) is 10.1 Å². The molecule has 3 rings (SSSR count). The van der Waals surface area contributed by atoms with Gasteiger partial charge in [-0.05, 0) is 29.4 Å². The van der Waals surface area contributed by atoms with Crippen molar-refractivity contribution in [3.05, 3.63) is 57.3 Å². The third-order valence-electron chi connectivity index (χ3n) is 4.63. The summed E-state index contributed by atoms with van der Waals surface area (Å²) >= 11 is 0. The largest absolute Gasteiger partial charge is 0.390 e. The van der Waals surface area contributed by atoms with E-state index in [9.17, 15) is 14.9 Å². The predicted molar refractivity (Wildman–Crippen MR) is 92.2 cm³/mol. The third kappa shape index (κ3) is 3.69. The summed E-state index contributed by atoms with van der Waals surface area (Å²) < 4.78 is 1.23. The lowest BCUT2D eigenvalue weighted by Gasteiger charge is -2.33. The Kier molecular flexibility index (Phi) is 4.80. The van der Waals surface area contributed by atoms with Crippen LogP contribution in [0.5, 0.6) is 0 Å². The molecule has 25 heavy (non-hydrogen) atoms. The van der Waals surface area contributed by atoms with Crippen LogP contribution in [-0.2, 0) is 20.0 Å². The van der Waals surface area contributed by atoms with Crippen LogP contribution in [0.2, 0.25) is 0 Å². The maximum atomic E-state index is 12.3. The minimum atomic E-state index is -0.607. The van der Waals surface area contributed by atoms with Crippen LogP contribution in [-0.4, -0.2) is 44.6 Å². The van der Waals surface area contributed by atoms with E-state index in [2.05, 4.69) is 40.4 Å². The first-order valence-electron chi connectivity index (χ1n) is 8.23. The molecule has 1 unspecified atom stereocenters. The molecule has 1 aliphatic heterocycles. The van der Waals surface area contributed by atoms with Crippen LogP contribution in [0.3, 0.4) is 0 Å². The molecule has 0 radical (unpaired) electrons. The number of hydrogen-bond acceptors (Lipinski definition) is 5. The second-order valence-electron chi connectivity index (χ2n) is 6.32. The second kappa shape index (κ2) is 7.02. The minimum absolute atomic E-state index is 0.167. The number of nitrogens with one attached hydrogen (secondary N) is 1. The number of fused-ring (bicyclic) bond motifs is 1. The van der Waals surface area contributed by atoms with Crippen molar-refractivity contribution in [2.24, 2.45) is 7.05 Å². The highest BCUT2D eigenvalue weighted by Gasteiger charge is 2.23. The number of nitrogens with zero attached hydrogens (tertiary/aromatic N) is 4. The number of aryl methyl sites for hydroxylation is 1. The lowest BCUT2D eigenvalue weighted by Crippen LogP contribution is -2.44. The predicted octanol–water partition coefficient (Wildman–Crippen LogP) is 1.50. The Morgan fingerprint density at radius 2 is 2.12 bits per heavy atom. The zero-order valence-corrected chi connectivity index (χ0v) is 14.3. The van der Waals surface area contributed by atoms with Crippen molar-refractivity contribution in [3.8, 4) is 0 Å². The van der Waals surface area contributed by atoms with Gasteiger partial charge in [-0.15, -0.1) is 0 Å². The van der Waals surface area contributed by atoms with Crippen molar-refractivity contribution in [1.82, 2.24) is 20.0 Å². The molecule has 8 nitrogen and oxygen atoms in total. The number of hydrogen-bond donors (Lipinski definition) is 1. The molecule has 1 aromatic carbocycles. The Hall–Kier alpha value is -2.74. The number of carbonyl (C=O) groups is 1. The Balaban J connectivity index is 1.58. The summed E-state index contributed by atoms with van der Waals surface area (Å²) in [4.78, 5) is 24.7. The van der Waals surface area contributed by atoms with E-state index in [4.69, 9.17) is 0 Å². The fourth-order valence-corrected chi connectivity index (χ4v) is 3.11. The number of carbonyl (C=O) groups excluding carboxylic acids is 1. The van der Waals surface area contributed by atoms with E-state index < -0.39 is 4.92 Å². The molecule has 0 saturated carbocycles. The molecule has 1 aromatic heterocycles. The molecule has 0 fully saturated rings. The fourth-order valence-electron chi connectivity index (χ4n) is 3.11. The number of rotatable bonds is 5. The lowest BCUT2D eigenvalue weighted by atomic mass is 9.99. The Labute approximate surface area is 145 Å². The molecule has 132 valence electrons. The molecule has 8 heteroatoms. The van der Waals surface area contributed by atoms with E-state index in [0.29, 0.717) is 6.54 Å². The minimum Gasteiger partial charge on any atom is -0.358 e. The highest BCUT2D eigenvalue weighted by Crippen LogP contribution is 2.20. The molecule has 1 aliphatic rings. The number of benzene rings is 1. The highest BCUT2D eigenvalue weighted by molar-refractivity contribution is 5.93. The van der Waals surface area contributed by atoms with Crippen molar-refractivity contribution in [1.29, 1.82) is 0 Å². The van der Waals surface area contributed by atoms with Gasteiger partial charge in [0.25, 0.3) is 5.91 Å². The zero-order chi connectivity index (χ0) is 18.0. The molecule has 0 bridgehead atoms. The normalized spacial score (nSPS) is 15.4. The molecule has 0 aliphatic carbocycles. The van der Waals surface area contributed by atoms with Gasteiger partial charge in [0.05, 0.1) is 18.2 Å². The van der Waals surface area contributed by atoms with Gasteiger partial charge in [0.2, 0.25) is 0 Å². The summed E-state index contributed by atoms with van der Waals surface area (Å²) in [6.45, 7) is 4.36. The molecule has 1 amide bonds. The molecular weight excluding hydrogens is 322 g/mol. The van der Waals surface area contributed by atoms with Gasteiger partial charge in [0.15, 0.2) is 5.69 Å². The van der Waals surface area contributed by atoms with Gasteiger partial charge >= 0.3 is 5.82 Å². The summed E-state index contributed by atoms with van der Waals surface area (Å²) in [5.74, 6) is -0.680. The monoisotopic (exact) mass is 343 g/mol. The van der Waals surface area contributed by atoms with Crippen molar-refractivity contribution < 1.29 is 9.72 Å². The molecule has 1 atom stereocenters. The molecular formula is C17H21N5O3. The molecule has 1 N–H and O–H groups in total. The smallest absolute Gasteiger partial charge is 0.358 e. The molecule has 0 saturated heterocycles. The van der Waals surface area contributed by atoms with E-state index in [-0.39, 0.29) is 23.5 Å². The average molecular weight is 343 g/mol. The first-order valence-corrected chi connectivity index (χ1v) is 8.23. The molecule has 2 aromatic rings. The van der Waals surface area contributed by atoms with Gasteiger partial charge in [0.1, 0.15) is 0 Å². The highest BCUT2D eigenvalue weighted by atomic mass is 16.6. The van der Waals surface area contributed by atoms with Gasteiger partial charge in [0, 0.05) is 25.7 Å². The summed E-state index contributed by atoms with van der Waals surface area (Å²) in [6, 6.07) is 9.77. The Morgan fingerprint density at radius 1 is 1.40 bits per heavy atom. The summed E-state index contributed by atoms with van der Waals surface area (Å²) in [5.41, 5.74) is 2.90. The van der Waals surface area contributed by atoms with E-state index in [1.54, 1.807) is 0 Å². The number of amides is 1. The number of nitro groups is 1. The Morgan fingerprint density at radius 3 is 2.80 bits per heavy atom. The standard InChI is InChI=1S/C17H21N5O3/c1-12(21-8-7-13-5-3-4-6-14(13)11-21)10-18-17(23)15-9-16(22(24)25)19-20(15)2/h3-6,9,12H,7-8,10-11H2,1-2H3,(H,18,23). The second-order valence-corrected chi connectivity index (χ2v) is 6.32. The topological polar surface area (TPSA) is 93.3 Å². The maximum absolute atomic E-state index is 12.3. The van der Waals surface area contributed by atoms with Gasteiger partial charge in [-0.3, -0.25) is 9.69 Å². The van der Waals surface area contributed by atoms with E-state index in [0.717, 1.165) is 19.5 Å². The lowest BCUT2D eigenvalue weighted by molar-refractivity contribution is -0.389. The quantitative estimate of drug-likeness (QED) is 0.656. The van der Waals surface area contributed by atoms with Crippen LogP contribution in [0.4, 0.5) is 5.82 Å². The third-order valence-corrected chi connectivity index (χ3v) is 4.63. The van der Waals surface area contributed by atoms with E-state index in [1.165, 1.54) is 28.9 Å². The first-order chi connectivity index (χ1) is 12.0. The molecule has 0 spiro atoms. The first kappa shape index (κ1) is 17.1. The van der Waals surface area contributed by atoms with Gasteiger partial charge in [-0.25, -0.2) is 0 Å². The van der Waals surface area contributed by atoms with Crippen LogP contribution in [0.15, 0.2) is 30.3 Å². The van der Waals surface area contributed by atoms with Crippen LogP contribution in [0.1, 0.15) is 28.5 Å². The van der Waals surface area contributed by atoms with Crippen LogP contribution >= 0.6 is 0 Å². The average Bonchev–Trinajstić information content (AvgIpc) is 3.01. The zero-order valence-electron chi connectivity index (χ0n) is 14.3. The van der Waals surface area contributed by atoms with E-state index >= 15 is 0 Å². The number of aromatic nitrogens is 2. The van der Waals surface area contributed by atoms with Gasteiger partial charge in [-0.2, -0.15) is 4.68 Å². The fraction of sp³-hybridized carbons (Fsp3) is 0.412. The van der Waals surface area contributed by atoms with Crippen molar-refractivity contribution in [2.75, 3.05) is 13.1 Å². The van der Waals surface area contributed by atoms with Crippen molar-refractivity contribution in [2.45, 2.75) is 25.9 Å². The summed E-state index contributed by atoms with van der Waals surface area (Å²) in [7, 11) is 1.52. The SMILES string of the molecule is CC(CNC(=O)c1cc([N+](=O)[O-])nn1C)N1CCc2ccccc2C1. The Bertz CT molecular complexity index is 801. The van der Waals surface area contributed by atoms with Crippen LogP contribution < -0.4 is 5.32 Å². The van der Waals surface area contributed by atoms with E-state index in [1.807, 2.05) is 6.07 Å². The molecule has 2 heterocycles. The summed E-state index contributed by atoms with van der Waals surface area (Å²) in [5, 5.41) is 17.3. The summed E-state index contributed by atoms with van der Waals surface area (Å²) in [6.07, 6.45) is 1.00. The van der Waals surface area contributed by atoms with Crippen molar-refractivity contribution in [3.63, 3.8) is 0 Å². The van der Waals surface area contributed by atoms with Gasteiger partial charge in [-0.1, -0.05) is 24.3 Å².